The first kappa shape index (κ1) is 12.3. The van der Waals surface area contributed by atoms with Gasteiger partial charge in [0.15, 0.2) is 0 Å². The Morgan fingerprint density at radius 2 is 1.69 bits per heavy atom. The normalized spacial score (nSPS) is 33.1. The summed E-state index contributed by atoms with van der Waals surface area (Å²) in [6.45, 7) is 2.21. The Bertz CT molecular complexity index is 322. The van der Waals surface area contributed by atoms with E-state index in [1.807, 2.05) is 0 Å². The molecule has 0 aromatic rings. The quantitative estimate of drug-likeness (QED) is 0.707. The van der Waals surface area contributed by atoms with E-state index in [1.165, 1.54) is 19.3 Å². The van der Waals surface area contributed by atoms with Crippen LogP contribution in [0, 0.1) is 0 Å². The fraction of sp³-hybridized carbons (Fsp3) is 1.00. The fourth-order valence-electron chi connectivity index (χ4n) is 2.90. The minimum Gasteiger partial charge on any atom is -0.298 e. The molecule has 0 N–H and O–H groups in total. The van der Waals surface area contributed by atoms with E-state index >= 15 is 0 Å². The molecule has 1 unspecified atom stereocenters. The minimum atomic E-state index is -3.31. The lowest BCUT2D eigenvalue weighted by Crippen LogP contribution is -2.45. The van der Waals surface area contributed by atoms with Gasteiger partial charge in [0.1, 0.15) is 0 Å². The third-order valence-electron chi connectivity index (χ3n) is 3.58. The maximum absolute atomic E-state index is 11.2. The van der Waals surface area contributed by atoms with Crippen molar-refractivity contribution < 1.29 is 12.6 Å². The second kappa shape index (κ2) is 5.02. The molecule has 0 aromatic heterocycles. The zero-order chi connectivity index (χ0) is 11.6. The number of nitrogens with zero attached hydrogens (tertiary/aromatic N) is 1. The molecule has 2 fully saturated rings. The van der Waals surface area contributed by atoms with Crippen LogP contribution in [0.15, 0.2) is 0 Å². The Morgan fingerprint density at radius 1 is 1.06 bits per heavy atom. The molecule has 2 aliphatic rings. The summed E-state index contributed by atoms with van der Waals surface area (Å²) in [6, 6.07) is 0.325. The molecule has 0 spiro atoms. The molecule has 1 saturated heterocycles. The van der Waals surface area contributed by atoms with Crippen molar-refractivity contribution in [2.24, 2.45) is 0 Å². The van der Waals surface area contributed by atoms with Crippen LogP contribution in [0.1, 0.15) is 38.5 Å². The Hall–Kier alpha value is -0.130. The molecule has 1 aliphatic heterocycles. The third kappa shape index (κ3) is 3.18. The van der Waals surface area contributed by atoms with Crippen molar-refractivity contribution in [1.29, 1.82) is 0 Å². The molecule has 0 amide bonds. The van der Waals surface area contributed by atoms with Crippen LogP contribution >= 0.6 is 0 Å². The van der Waals surface area contributed by atoms with Gasteiger partial charge in [0.05, 0.1) is 12.4 Å². The molecular formula is C11H21NO3S. The lowest BCUT2D eigenvalue weighted by atomic mass is 9.91. The van der Waals surface area contributed by atoms with Crippen molar-refractivity contribution in [2.45, 2.75) is 50.7 Å². The summed E-state index contributed by atoms with van der Waals surface area (Å²) in [4.78, 5) is 2.41. The van der Waals surface area contributed by atoms with Gasteiger partial charge in [0.25, 0.3) is 10.1 Å². The summed E-state index contributed by atoms with van der Waals surface area (Å²) in [6.07, 6.45) is 7.78. The Morgan fingerprint density at radius 3 is 2.31 bits per heavy atom. The van der Waals surface area contributed by atoms with Crippen molar-refractivity contribution in [2.75, 3.05) is 19.3 Å². The van der Waals surface area contributed by atoms with Gasteiger partial charge in [-0.15, -0.1) is 0 Å². The van der Waals surface area contributed by atoms with E-state index in [1.54, 1.807) is 0 Å². The first-order valence-corrected chi connectivity index (χ1v) is 8.00. The second-order valence-electron chi connectivity index (χ2n) is 4.93. The predicted molar refractivity (Wildman–Crippen MR) is 62.8 cm³/mol. The highest BCUT2D eigenvalue weighted by Gasteiger charge is 2.34. The minimum absolute atomic E-state index is 0.109. The van der Waals surface area contributed by atoms with Gasteiger partial charge in [-0.1, -0.05) is 12.8 Å². The number of likely N-dealkylation sites (tertiary alicyclic amines) is 1. The molecular weight excluding hydrogens is 226 g/mol. The molecule has 2 rings (SSSR count). The maximum atomic E-state index is 11.2. The molecule has 4 nitrogen and oxygen atoms in total. The summed E-state index contributed by atoms with van der Waals surface area (Å²) in [7, 11) is -3.31. The number of hydrogen-bond acceptors (Lipinski definition) is 4. The highest BCUT2D eigenvalue weighted by atomic mass is 32.2. The van der Waals surface area contributed by atoms with Gasteiger partial charge in [-0.05, 0) is 38.8 Å². The van der Waals surface area contributed by atoms with Crippen LogP contribution in [0.3, 0.4) is 0 Å². The lowest BCUT2D eigenvalue weighted by molar-refractivity contribution is 0.0537. The first-order chi connectivity index (χ1) is 7.56. The lowest BCUT2D eigenvalue weighted by Gasteiger charge is -2.36. The molecule has 0 bridgehead atoms. The zero-order valence-corrected chi connectivity index (χ0v) is 10.7. The monoisotopic (exact) mass is 247 g/mol. The van der Waals surface area contributed by atoms with Gasteiger partial charge < -0.3 is 0 Å². The fourth-order valence-corrected chi connectivity index (χ4v) is 3.58. The molecule has 5 heteroatoms. The smallest absolute Gasteiger partial charge is 0.264 e. The Kier molecular flexibility index (Phi) is 3.87. The van der Waals surface area contributed by atoms with Crippen molar-refractivity contribution in [1.82, 2.24) is 4.90 Å². The van der Waals surface area contributed by atoms with Crippen LogP contribution in [0.25, 0.3) is 0 Å². The topological polar surface area (TPSA) is 46.6 Å². The van der Waals surface area contributed by atoms with Crippen LogP contribution in [-0.2, 0) is 14.3 Å². The number of rotatable bonds is 3. The largest absolute Gasteiger partial charge is 0.298 e. The Balaban J connectivity index is 2.01. The molecule has 94 valence electrons. The highest BCUT2D eigenvalue weighted by molar-refractivity contribution is 7.86. The van der Waals surface area contributed by atoms with Crippen LogP contribution in [0.5, 0.6) is 0 Å². The maximum Gasteiger partial charge on any atom is 0.264 e. The molecule has 1 aliphatic carbocycles. The van der Waals surface area contributed by atoms with E-state index in [9.17, 15) is 8.42 Å². The average Bonchev–Trinajstić information content (AvgIpc) is 2.69. The summed E-state index contributed by atoms with van der Waals surface area (Å²) in [5.74, 6) is 0. The van der Waals surface area contributed by atoms with Crippen LogP contribution in [0.4, 0.5) is 0 Å². The first-order valence-electron chi connectivity index (χ1n) is 6.18. The van der Waals surface area contributed by atoms with Crippen molar-refractivity contribution in [3.05, 3.63) is 0 Å². The van der Waals surface area contributed by atoms with Gasteiger partial charge in [0, 0.05) is 6.04 Å². The van der Waals surface area contributed by atoms with Gasteiger partial charge in [0.2, 0.25) is 0 Å². The van der Waals surface area contributed by atoms with Gasteiger partial charge >= 0.3 is 0 Å². The van der Waals surface area contributed by atoms with E-state index in [-0.39, 0.29) is 6.10 Å². The molecule has 0 radical (unpaired) electrons. The SMILES string of the molecule is CS(=O)(=O)OC1CCCC[C@H]1N1CCCC1. The summed E-state index contributed by atoms with van der Waals surface area (Å²) < 4.78 is 27.7. The molecule has 1 heterocycles. The van der Waals surface area contributed by atoms with Gasteiger partial charge in [-0.25, -0.2) is 0 Å². The Labute approximate surface area is 98.1 Å². The summed E-state index contributed by atoms with van der Waals surface area (Å²) >= 11 is 0. The van der Waals surface area contributed by atoms with E-state index in [0.717, 1.165) is 38.6 Å². The van der Waals surface area contributed by atoms with E-state index in [4.69, 9.17) is 4.18 Å². The third-order valence-corrected chi connectivity index (χ3v) is 4.17. The van der Waals surface area contributed by atoms with Gasteiger partial charge in [-0.2, -0.15) is 8.42 Å². The molecule has 16 heavy (non-hydrogen) atoms. The van der Waals surface area contributed by atoms with E-state index in [2.05, 4.69) is 4.90 Å². The standard InChI is InChI=1S/C11H21NO3S/c1-16(13,14)15-11-7-3-2-6-10(11)12-8-4-5-9-12/h10-11H,2-9H2,1H3/t10-,11?/m1/s1. The van der Waals surface area contributed by atoms with Crippen LogP contribution < -0.4 is 0 Å². The second-order valence-corrected chi connectivity index (χ2v) is 6.53. The average molecular weight is 247 g/mol. The van der Waals surface area contributed by atoms with Crippen molar-refractivity contribution in [3.8, 4) is 0 Å². The number of hydrogen-bond donors (Lipinski definition) is 0. The summed E-state index contributed by atoms with van der Waals surface area (Å²) in [5, 5.41) is 0. The predicted octanol–water partition coefficient (Wildman–Crippen LogP) is 1.37. The summed E-state index contributed by atoms with van der Waals surface area (Å²) in [5.41, 5.74) is 0. The molecule has 0 aromatic carbocycles. The molecule has 2 atom stereocenters. The van der Waals surface area contributed by atoms with Crippen LogP contribution in [-0.4, -0.2) is 44.8 Å². The highest BCUT2D eigenvalue weighted by Crippen LogP contribution is 2.28. The molecule has 1 saturated carbocycles. The van der Waals surface area contributed by atoms with Gasteiger partial charge in [-0.3, -0.25) is 9.08 Å². The van der Waals surface area contributed by atoms with Crippen molar-refractivity contribution in [3.63, 3.8) is 0 Å². The van der Waals surface area contributed by atoms with Crippen LogP contribution in [0.2, 0.25) is 0 Å². The van der Waals surface area contributed by atoms with E-state index < -0.39 is 10.1 Å². The van der Waals surface area contributed by atoms with Crippen molar-refractivity contribution >= 4 is 10.1 Å². The van der Waals surface area contributed by atoms with E-state index in [0.29, 0.717) is 6.04 Å². The zero-order valence-electron chi connectivity index (χ0n) is 9.89.